The van der Waals surface area contributed by atoms with Crippen molar-refractivity contribution in [1.29, 1.82) is 0 Å². The van der Waals surface area contributed by atoms with E-state index in [0.717, 1.165) is 0 Å². The Morgan fingerprint density at radius 1 is 1.39 bits per heavy atom. The van der Waals surface area contributed by atoms with Gasteiger partial charge in [0.2, 0.25) is 0 Å². The Hall–Kier alpha value is -2.08. The summed E-state index contributed by atoms with van der Waals surface area (Å²) < 4.78 is 24.6. The highest BCUT2D eigenvalue weighted by molar-refractivity contribution is 5.87. The van der Waals surface area contributed by atoms with E-state index in [0.29, 0.717) is 18.4 Å². The summed E-state index contributed by atoms with van der Waals surface area (Å²) in [5.74, 6) is -0.624. The zero-order chi connectivity index (χ0) is 17.5. The van der Waals surface area contributed by atoms with Crippen LogP contribution in [0.15, 0.2) is 18.2 Å². The van der Waals surface area contributed by atoms with Crippen molar-refractivity contribution in [2.45, 2.75) is 39.2 Å². The van der Waals surface area contributed by atoms with Gasteiger partial charge in [-0.25, -0.2) is 9.18 Å². The molecule has 5 nitrogen and oxygen atoms in total. The van der Waals surface area contributed by atoms with Gasteiger partial charge in [0.25, 0.3) is 0 Å². The number of amides is 1. The molecule has 0 aliphatic carbocycles. The van der Waals surface area contributed by atoms with Crippen LogP contribution in [-0.2, 0) is 4.74 Å². The largest absolute Gasteiger partial charge is 0.492 e. The summed E-state index contributed by atoms with van der Waals surface area (Å²) in [6, 6.07) is 3.09. The number of aliphatic hydroxyl groups excluding tert-OH is 1. The average Bonchev–Trinajstić information content (AvgIpc) is 2.44. The predicted molar refractivity (Wildman–Crippen MR) is 88.2 cm³/mol. The van der Waals surface area contributed by atoms with Crippen molar-refractivity contribution in [2.24, 2.45) is 0 Å². The number of nitrogens with one attached hydrogen (secondary N) is 1. The summed E-state index contributed by atoms with van der Waals surface area (Å²) >= 11 is 0. The Labute approximate surface area is 136 Å². The van der Waals surface area contributed by atoms with Crippen molar-refractivity contribution in [3.05, 3.63) is 29.6 Å². The molecule has 0 aliphatic rings. The normalized spacial score (nSPS) is 11.6. The molecule has 0 spiro atoms. The maximum absolute atomic E-state index is 14.4. The van der Waals surface area contributed by atoms with Crippen LogP contribution in [0.3, 0.4) is 0 Å². The number of aliphatic hydroxyl groups is 1. The van der Waals surface area contributed by atoms with Crippen LogP contribution in [0, 0.1) is 5.82 Å². The van der Waals surface area contributed by atoms with Gasteiger partial charge in [0.1, 0.15) is 5.60 Å². The number of hydrogen-bond acceptors (Lipinski definition) is 4. The number of rotatable bonds is 6. The first-order valence-corrected chi connectivity index (χ1v) is 7.42. The molecule has 0 aromatic heterocycles. The second-order valence-electron chi connectivity index (χ2n) is 5.94. The standard InChI is InChI=1S/C17H24FNO4/c1-17(2,3)23-16(21)19-13-10-9-12(8-6-5-7-11-20)14(18)15(13)22-4/h6,8-10,20H,5,7,11H2,1-4H3,(H,19,21)/b8-6+. The summed E-state index contributed by atoms with van der Waals surface area (Å²) in [6.07, 6.45) is 3.98. The lowest BCUT2D eigenvalue weighted by Crippen LogP contribution is -2.27. The van der Waals surface area contributed by atoms with E-state index in [9.17, 15) is 9.18 Å². The maximum Gasteiger partial charge on any atom is 0.412 e. The number of hydrogen-bond donors (Lipinski definition) is 2. The van der Waals surface area contributed by atoms with Crippen molar-refractivity contribution in [3.8, 4) is 5.75 Å². The minimum absolute atomic E-state index is 0.0554. The summed E-state index contributed by atoms with van der Waals surface area (Å²) in [4.78, 5) is 11.8. The number of unbranched alkanes of at least 4 members (excludes halogenated alkanes) is 1. The van der Waals surface area contributed by atoms with Crippen molar-refractivity contribution in [1.82, 2.24) is 0 Å². The van der Waals surface area contributed by atoms with Gasteiger partial charge in [-0.3, -0.25) is 5.32 Å². The highest BCUT2D eigenvalue weighted by Gasteiger charge is 2.19. The van der Waals surface area contributed by atoms with Crippen LogP contribution in [0.1, 0.15) is 39.2 Å². The van der Waals surface area contributed by atoms with E-state index in [2.05, 4.69) is 5.32 Å². The van der Waals surface area contributed by atoms with Crippen LogP contribution in [0.4, 0.5) is 14.9 Å². The van der Waals surface area contributed by atoms with Crippen molar-refractivity contribution in [2.75, 3.05) is 19.0 Å². The molecule has 0 atom stereocenters. The fraction of sp³-hybridized carbons (Fsp3) is 0.471. The minimum atomic E-state index is -0.679. The topological polar surface area (TPSA) is 67.8 Å². The molecule has 0 heterocycles. The molecule has 0 saturated carbocycles. The second kappa shape index (κ2) is 8.53. The molecule has 128 valence electrons. The summed E-state index contributed by atoms with van der Waals surface area (Å²) in [7, 11) is 1.33. The molecule has 2 N–H and O–H groups in total. The Balaban J connectivity index is 2.92. The summed E-state index contributed by atoms with van der Waals surface area (Å²) in [5, 5.41) is 11.2. The molecule has 1 aromatic carbocycles. The lowest BCUT2D eigenvalue weighted by Gasteiger charge is -2.20. The van der Waals surface area contributed by atoms with Crippen molar-refractivity contribution < 1.29 is 23.8 Å². The molecule has 0 bridgehead atoms. The van der Waals surface area contributed by atoms with E-state index in [1.165, 1.54) is 7.11 Å². The fourth-order valence-electron chi connectivity index (χ4n) is 1.83. The van der Waals surface area contributed by atoms with Gasteiger partial charge < -0.3 is 14.6 Å². The number of ether oxygens (including phenoxy) is 2. The van der Waals surface area contributed by atoms with Crippen molar-refractivity contribution in [3.63, 3.8) is 0 Å². The lowest BCUT2D eigenvalue weighted by molar-refractivity contribution is 0.0635. The van der Waals surface area contributed by atoms with E-state index >= 15 is 0 Å². The third-order valence-electron chi connectivity index (χ3n) is 2.79. The monoisotopic (exact) mass is 325 g/mol. The van der Waals surface area contributed by atoms with E-state index in [-0.39, 0.29) is 18.0 Å². The fourth-order valence-corrected chi connectivity index (χ4v) is 1.83. The number of allylic oxidation sites excluding steroid dienone is 1. The predicted octanol–water partition coefficient (Wildman–Crippen LogP) is 3.97. The molecule has 1 aromatic rings. The molecular formula is C17H24FNO4. The molecule has 1 rings (SSSR count). The van der Waals surface area contributed by atoms with Crippen LogP contribution < -0.4 is 10.1 Å². The van der Waals surface area contributed by atoms with E-state index < -0.39 is 17.5 Å². The van der Waals surface area contributed by atoms with Gasteiger partial charge in [-0.15, -0.1) is 0 Å². The molecule has 23 heavy (non-hydrogen) atoms. The smallest absolute Gasteiger partial charge is 0.412 e. The van der Waals surface area contributed by atoms with Crippen LogP contribution in [0.2, 0.25) is 0 Å². The van der Waals surface area contributed by atoms with Gasteiger partial charge >= 0.3 is 6.09 Å². The zero-order valence-electron chi connectivity index (χ0n) is 14.0. The van der Waals surface area contributed by atoms with Crippen LogP contribution in [-0.4, -0.2) is 30.5 Å². The molecule has 0 saturated heterocycles. The Morgan fingerprint density at radius 2 is 2.09 bits per heavy atom. The Bertz CT molecular complexity index is 564. The van der Waals surface area contributed by atoms with E-state index in [1.807, 2.05) is 0 Å². The zero-order valence-corrected chi connectivity index (χ0v) is 14.0. The number of methoxy groups -OCH3 is 1. The first kappa shape index (κ1) is 19.0. The number of carbonyl (C=O) groups is 1. The molecule has 0 fully saturated rings. The van der Waals surface area contributed by atoms with Crippen LogP contribution >= 0.6 is 0 Å². The van der Waals surface area contributed by atoms with E-state index in [4.69, 9.17) is 14.6 Å². The second-order valence-corrected chi connectivity index (χ2v) is 5.94. The third kappa shape index (κ3) is 6.28. The quantitative estimate of drug-likeness (QED) is 0.777. The number of benzene rings is 1. The molecule has 0 aliphatic heterocycles. The van der Waals surface area contributed by atoms with Gasteiger partial charge in [0, 0.05) is 12.2 Å². The molecule has 0 radical (unpaired) electrons. The molecule has 6 heteroatoms. The third-order valence-corrected chi connectivity index (χ3v) is 2.79. The molecular weight excluding hydrogens is 301 g/mol. The Morgan fingerprint density at radius 3 is 2.65 bits per heavy atom. The van der Waals surface area contributed by atoms with Gasteiger partial charge in [-0.2, -0.15) is 0 Å². The first-order chi connectivity index (χ1) is 10.8. The van der Waals surface area contributed by atoms with Crippen LogP contribution in [0.5, 0.6) is 5.75 Å². The Kier molecular flexibility index (Phi) is 7.03. The maximum atomic E-state index is 14.4. The first-order valence-electron chi connectivity index (χ1n) is 7.42. The van der Waals surface area contributed by atoms with Gasteiger partial charge in [-0.1, -0.05) is 12.2 Å². The highest BCUT2D eigenvalue weighted by atomic mass is 19.1. The number of carbonyl (C=O) groups excluding carboxylic acids is 1. The van der Waals surface area contributed by atoms with E-state index in [1.54, 1.807) is 45.1 Å². The lowest BCUT2D eigenvalue weighted by atomic mass is 10.1. The highest BCUT2D eigenvalue weighted by Crippen LogP contribution is 2.31. The number of anilines is 1. The molecule has 0 unspecified atom stereocenters. The number of halogens is 1. The van der Waals surface area contributed by atoms with Crippen molar-refractivity contribution >= 4 is 17.9 Å². The molecule has 1 amide bonds. The summed E-state index contributed by atoms with van der Waals surface area (Å²) in [5.41, 5.74) is -0.105. The SMILES string of the molecule is COc1c(NC(=O)OC(C)(C)C)ccc(/C=C/CCCO)c1F. The summed E-state index contributed by atoms with van der Waals surface area (Å²) in [6.45, 7) is 5.31. The van der Waals surface area contributed by atoms with Gasteiger partial charge in [-0.05, 0) is 45.7 Å². The average molecular weight is 325 g/mol. The van der Waals surface area contributed by atoms with Gasteiger partial charge in [0.05, 0.1) is 12.8 Å². The van der Waals surface area contributed by atoms with Crippen LogP contribution in [0.25, 0.3) is 6.08 Å². The van der Waals surface area contributed by atoms with Gasteiger partial charge in [0.15, 0.2) is 11.6 Å². The minimum Gasteiger partial charge on any atom is -0.492 e.